The highest BCUT2D eigenvalue weighted by molar-refractivity contribution is 6.05. The van der Waals surface area contributed by atoms with Gasteiger partial charge in [0.2, 0.25) is 11.8 Å². The molecule has 1 unspecified atom stereocenters. The summed E-state index contributed by atoms with van der Waals surface area (Å²) in [4.78, 5) is 78.7. The van der Waals surface area contributed by atoms with E-state index in [1.165, 1.54) is 12.7 Å². The van der Waals surface area contributed by atoms with Crippen molar-refractivity contribution in [3.63, 3.8) is 0 Å². The molecule has 4 aromatic rings. The predicted octanol–water partition coefficient (Wildman–Crippen LogP) is 5.75. The van der Waals surface area contributed by atoms with Crippen LogP contribution >= 0.6 is 0 Å². The Bertz CT molecular complexity index is 2710. The number of carbonyl (C=O) groups excluding carboxylic acids is 5. The Kier molecular flexibility index (Phi) is 15.3. The first-order chi connectivity index (χ1) is 33.8. The number of methoxy groups -OCH3 is 2. The van der Waals surface area contributed by atoms with Gasteiger partial charge in [0, 0.05) is 49.9 Å². The molecule has 7 N–H and O–H groups in total. The van der Waals surface area contributed by atoms with Gasteiger partial charge in [-0.3, -0.25) is 29.2 Å². The first-order valence-corrected chi connectivity index (χ1v) is 23.8. The number of urea groups is 1. The van der Waals surface area contributed by atoms with Crippen LogP contribution < -0.4 is 46.4 Å². The minimum absolute atomic E-state index is 0.0852. The van der Waals surface area contributed by atoms with Crippen LogP contribution in [0.1, 0.15) is 88.9 Å². The molecule has 8 rings (SSSR count). The minimum Gasteiger partial charge on any atom is -0.493 e. The molecular weight excluding hydrogens is 895 g/mol. The van der Waals surface area contributed by atoms with Crippen LogP contribution in [0.5, 0.6) is 23.0 Å². The Morgan fingerprint density at radius 2 is 1.26 bits per heavy atom. The van der Waals surface area contributed by atoms with Crippen molar-refractivity contribution in [3.05, 3.63) is 100 Å². The highest BCUT2D eigenvalue weighted by atomic mass is 16.5. The summed E-state index contributed by atoms with van der Waals surface area (Å²) in [7, 11) is 3.09. The number of amides is 6. The van der Waals surface area contributed by atoms with E-state index in [-0.39, 0.29) is 49.3 Å². The Morgan fingerprint density at radius 1 is 0.700 bits per heavy atom. The lowest BCUT2D eigenvalue weighted by Gasteiger charge is -2.34. The molecule has 4 heterocycles. The van der Waals surface area contributed by atoms with Crippen LogP contribution in [0, 0.1) is 5.92 Å². The maximum Gasteiger partial charge on any atom is 0.312 e. The first-order valence-electron chi connectivity index (χ1n) is 23.8. The second kappa shape index (κ2) is 21.9. The zero-order valence-electron chi connectivity index (χ0n) is 40.0. The number of carbonyl (C=O) groups is 5. The van der Waals surface area contributed by atoms with E-state index in [9.17, 15) is 24.0 Å². The lowest BCUT2D eigenvalue weighted by atomic mass is 9.93. The Balaban J connectivity index is 0.848. The second-order valence-electron chi connectivity index (χ2n) is 18.3. The monoisotopic (exact) mass is 955 g/mol. The van der Waals surface area contributed by atoms with Crippen LogP contribution in [-0.2, 0) is 35.5 Å². The molecule has 0 radical (unpaired) electrons. The zero-order chi connectivity index (χ0) is 49.5. The van der Waals surface area contributed by atoms with Crippen molar-refractivity contribution < 1.29 is 42.9 Å². The van der Waals surface area contributed by atoms with Gasteiger partial charge in [0.15, 0.2) is 23.0 Å². The second-order valence-corrected chi connectivity index (χ2v) is 18.3. The molecule has 0 aliphatic carbocycles. The maximum atomic E-state index is 14.2. The Morgan fingerprint density at radius 3 is 1.81 bits per heavy atom. The number of hydrogen-bond donors (Lipinski definition) is 5. The molecule has 4 aliphatic heterocycles. The van der Waals surface area contributed by atoms with Gasteiger partial charge in [-0.05, 0) is 97.4 Å². The van der Waals surface area contributed by atoms with Crippen molar-refractivity contribution in [2.45, 2.75) is 96.1 Å². The van der Waals surface area contributed by atoms with Crippen LogP contribution in [0.2, 0.25) is 0 Å². The quantitative estimate of drug-likeness (QED) is 0.0713. The topological polar surface area (TPSA) is 242 Å². The number of aliphatic imine (C=N–C) groups is 2. The van der Waals surface area contributed by atoms with Crippen LogP contribution in [0.3, 0.4) is 0 Å². The number of fused-ring (bicyclic) bond motifs is 6. The molecule has 18 heteroatoms. The first kappa shape index (κ1) is 49.0. The highest BCUT2D eigenvalue weighted by Gasteiger charge is 2.35. The summed E-state index contributed by atoms with van der Waals surface area (Å²) in [5.74, 6) is 0.527. The molecule has 18 nitrogen and oxygen atoms in total. The van der Waals surface area contributed by atoms with Crippen molar-refractivity contribution in [1.82, 2.24) is 20.4 Å². The predicted molar refractivity (Wildman–Crippen MR) is 265 cm³/mol. The van der Waals surface area contributed by atoms with Crippen molar-refractivity contribution in [1.29, 1.82) is 0 Å². The molecule has 4 aromatic carbocycles. The van der Waals surface area contributed by atoms with Crippen molar-refractivity contribution in [3.8, 4) is 23.0 Å². The zero-order valence-corrected chi connectivity index (χ0v) is 40.0. The van der Waals surface area contributed by atoms with Crippen molar-refractivity contribution >= 4 is 59.2 Å². The van der Waals surface area contributed by atoms with Gasteiger partial charge in [0.25, 0.3) is 11.8 Å². The number of nitrogens with zero attached hydrogens (tertiary/aromatic N) is 4. The average molecular weight is 956 g/mol. The summed E-state index contributed by atoms with van der Waals surface area (Å²) in [5.41, 5.74) is 17.9. The summed E-state index contributed by atoms with van der Waals surface area (Å²) in [6.07, 6.45) is 7.73. The van der Waals surface area contributed by atoms with Gasteiger partial charge in [-0.1, -0.05) is 44.2 Å². The van der Waals surface area contributed by atoms with Gasteiger partial charge >= 0.3 is 6.03 Å². The molecule has 0 aromatic heterocycles. The number of nitrogens with one attached hydrogen (secondary N) is 3. The third kappa shape index (κ3) is 11.0. The van der Waals surface area contributed by atoms with Crippen molar-refractivity contribution in [2.75, 3.05) is 39.3 Å². The van der Waals surface area contributed by atoms with Gasteiger partial charge in [-0.25, -0.2) is 4.79 Å². The minimum atomic E-state index is -0.924. The fraction of sp³-hybridized carbons (Fsp3) is 0.404. The van der Waals surface area contributed by atoms with Gasteiger partial charge in [-0.2, -0.15) is 0 Å². The highest BCUT2D eigenvalue weighted by Crippen LogP contribution is 2.40. The molecule has 0 fully saturated rings. The van der Waals surface area contributed by atoms with Gasteiger partial charge in [0.05, 0.1) is 68.1 Å². The molecule has 0 spiro atoms. The summed E-state index contributed by atoms with van der Waals surface area (Å²) in [6.45, 7) is 5.47. The summed E-state index contributed by atoms with van der Waals surface area (Å²) in [5, 5.41) is 8.18. The molecule has 368 valence electrons. The third-order valence-electron chi connectivity index (χ3n) is 13.2. The third-order valence-corrected chi connectivity index (χ3v) is 13.2. The van der Waals surface area contributed by atoms with Crippen LogP contribution in [0.25, 0.3) is 0 Å². The SMILES string of the molecule is COc1cc2c(cc1OCCCCCOc1cc3c(cc1OC)C(=O)N1Cc4cc(NC(=O)[C@H](CCCNC(N)=O)NC(=O)C(N)C(C)C)ccc4C[C@H]1C=N3)N=C[C@@H]1Cc3ccccc3CN1C2=O. The van der Waals surface area contributed by atoms with Crippen LogP contribution in [0.15, 0.2) is 76.7 Å². The Labute approximate surface area is 407 Å². The fourth-order valence-electron chi connectivity index (χ4n) is 9.12. The molecule has 6 amide bonds. The fourth-order valence-corrected chi connectivity index (χ4v) is 9.12. The van der Waals surface area contributed by atoms with Crippen LogP contribution in [-0.4, -0.2) is 110 Å². The largest absolute Gasteiger partial charge is 0.493 e. The van der Waals surface area contributed by atoms with E-state index in [1.807, 2.05) is 49.2 Å². The number of benzene rings is 4. The molecule has 70 heavy (non-hydrogen) atoms. The number of hydrogen-bond acceptors (Lipinski definition) is 12. The standard InChI is InChI=1S/C52H61N9O9/c1-30(2)47(53)49(63)59-40(13-10-16-55-52(54)66)48(62)58-35-15-14-32-21-37-27-57-42-25-46(44(68-4)23-39(42)51(65)61(37)29-34(32)19-35)70-18-9-5-8-17-69-45-24-41-38(22-43(45)67-3)50(64)60-28-33-12-7-6-11-31(33)20-36(60)26-56-41/h6-7,11-12,14-15,19,22-27,30,36-37,40,47H,5,8-10,13,16-18,20-21,28-29,53H2,1-4H3,(H,58,62)(H,59,63)(H3,54,55,66)/t36-,37-,40-,47?/m0/s1. The van der Waals surface area contributed by atoms with Crippen LogP contribution in [0.4, 0.5) is 21.9 Å². The lowest BCUT2D eigenvalue weighted by Crippen LogP contribution is -2.51. The summed E-state index contributed by atoms with van der Waals surface area (Å²) in [6, 6.07) is 17.8. The van der Waals surface area contributed by atoms with E-state index in [4.69, 9.17) is 40.4 Å². The molecule has 0 bridgehead atoms. The molecule has 4 atom stereocenters. The van der Waals surface area contributed by atoms with E-state index in [0.717, 1.165) is 36.0 Å². The maximum absolute atomic E-state index is 14.2. The number of anilines is 1. The lowest BCUT2D eigenvalue weighted by molar-refractivity contribution is -0.128. The number of primary amides is 1. The molecular formula is C52H61N9O9. The van der Waals surface area contributed by atoms with Gasteiger partial charge < -0.3 is 56.2 Å². The summed E-state index contributed by atoms with van der Waals surface area (Å²) < 4.78 is 23.8. The molecule has 0 saturated heterocycles. The van der Waals surface area contributed by atoms with Crippen molar-refractivity contribution in [2.24, 2.45) is 27.4 Å². The number of ether oxygens (including phenoxy) is 4. The van der Waals surface area contributed by atoms with E-state index in [1.54, 1.807) is 48.6 Å². The number of rotatable bonds is 19. The molecule has 4 aliphatic rings. The van der Waals surface area contributed by atoms with E-state index in [0.29, 0.717) is 90.2 Å². The van der Waals surface area contributed by atoms with E-state index in [2.05, 4.69) is 28.1 Å². The summed E-state index contributed by atoms with van der Waals surface area (Å²) >= 11 is 0. The number of nitrogens with two attached hydrogens (primary N) is 2. The van der Waals surface area contributed by atoms with E-state index >= 15 is 0 Å². The number of unbranched alkanes of at least 4 members (excludes halogenated alkanes) is 2. The Hall–Kier alpha value is -7.47. The smallest absolute Gasteiger partial charge is 0.312 e. The van der Waals surface area contributed by atoms with Gasteiger partial charge in [0.1, 0.15) is 6.04 Å². The van der Waals surface area contributed by atoms with Gasteiger partial charge in [-0.15, -0.1) is 0 Å². The molecule has 0 saturated carbocycles. The average Bonchev–Trinajstić information content (AvgIpc) is 3.57. The van der Waals surface area contributed by atoms with E-state index < -0.39 is 29.9 Å². The normalized spacial score (nSPS) is 17.3.